The first kappa shape index (κ1) is 13.8. The van der Waals surface area contributed by atoms with E-state index in [1.807, 2.05) is 30.3 Å². The molecule has 0 radical (unpaired) electrons. The van der Waals surface area contributed by atoms with Crippen LogP contribution in [0.15, 0.2) is 42.7 Å². The van der Waals surface area contributed by atoms with E-state index in [9.17, 15) is 0 Å². The van der Waals surface area contributed by atoms with E-state index in [0.717, 1.165) is 24.2 Å². The van der Waals surface area contributed by atoms with Gasteiger partial charge in [0.15, 0.2) is 0 Å². The molecular weight excluding hydrogens is 260 g/mol. The van der Waals surface area contributed by atoms with Gasteiger partial charge in [-0.25, -0.2) is 0 Å². The van der Waals surface area contributed by atoms with Crippen LogP contribution in [-0.2, 0) is 13.2 Å². The molecule has 100 valence electrons. The van der Waals surface area contributed by atoms with Gasteiger partial charge in [0, 0.05) is 24.5 Å². The second kappa shape index (κ2) is 7.12. The zero-order chi connectivity index (χ0) is 13.5. The lowest BCUT2D eigenvalue weighted by molar-refractivity contribution is 0.306. The predicted molar refractivity (Wildman–Crippen MR) is 77.4 cm³/mol. The van der Waals surface area contributed by atoms with Crippen LogP contribution in [0.25, 0.3) is 0 Å². The molecule has 0 aliphatic heterocycles. The van der Waals surface area contributed by atoms with Crippen LogP contribution in [-0.4, -0.2) is 11.5 Å². The standard InChI is InChI=1S/C15H17ClN2O/c1-2-17-9-12-5-6-15(14(16)8-12)19-11-13-4-3-7-18-10-13/h3-8,10,17H,2,9,11H2,1H3. The molecular formula is C15H17ClN2O. The molecule has 0 saturated heterocycles. The average Bonchev–Trinajstić information content (AvgIpc) is 2.45. The number of hydrogen-bond acceptors (Lipinski definition) is 3. The number of halogens is 1. The minimum Gasteiger partial charge on any atom is -0.487 e. The lowest BCUT2D eigenvalue weighted by atomic mass is 10.2. The smallest absolute Gasteiger partial charge is 0.138 e. The first-order valence-electron chi connectivity index (χ1n) is 6.30. The minimum atomic E-state index is 0.472. The van der Waals surface area contributed by atoms with Crippen molar-refractivity contribution in [1.82, 2.24) is 10.3 Å². The highest BCUT2D eigenvalue weighted by Crippen LogP contribution is 2.26. The average molecular weight is 277 g/mol. The van der Waals surface area contributed by atoms with Crippen LogP contribution in [0, 0.1) is 0 Å². The van der Waals surface area contributed by atoms with Crippen molar-refractivity contribution in [1.29, 1.82) is 0 Å². The van der Waals surface area contributed by atoms with Crippen LogP contribution in [0.2, 0.25) is 5.02 Å². The van der Waals surface area contributed by atoms with Crippen molar-refractivity contribution in [2.45, 2.75) is 20.1 Å². The Bertz CT molecular complexity index is 517. The molecule has 0 atom stereocenters. The molecule has 0 saturated carbocycles. The van der Waals surface area contributed by atoms with Crippen LogP contribution < -0.4 is 10.1 Å². The second-order valence-electron chi connectivity index (χ2n) is 4.20. The van der Waals surface area contributed by atoms with Crippen LogP contribution in [0.5, 0.6) is 5.75 Å². The first-order valence-corrected chi connectivity index (χ1v) is 6.68. The molecule has 3 nitrogen and oxygen atoms in total. The number of hydrogen-bond donors (Lipinski definition) is 1. The summed E-state index contributed by atoms with van der Waals surface area (Å²) in [4.78, 5) is 4.05. The number of nitrogens with zero attached hydrogens (tertiary/aromatic N) is 1. The second-order valence-corrected chi connectivity index (χ2v) is 4.60. The number of ether oxygens (including phenoxy) is 1. The summed E-state index contributed by atoms with van der Waals surface area (Å²) in [6.45, 7) is 4.31. The van der Waals surface area contributed by atoms with Gasteiger partial charge in [0.25, 0.3) is 0 Å². The molecule has 1 aromatic heterocycles. The van der Waals surface area contributed by atoms with Crippen molar-refractivity contribution in [3.8, 4) is 5.75 Å². The van der Waals surface area contributed by atoms with Crippen LogP contribution in [0.4, 0.5) is 0 Å². The normalized spacial score (nSPS) is 10.4. The van der Waals surface area contributed by atoms with Crippen LogP contribution >= 0.6 is 11.6 Å². The van der Waals surface area contributed by atoms with Crippen LogP contribution in [0.1, 0.15) is 18.1 Å². The summed E-state index contributed by atoms with van der Waals surface area (Å²) in [7, 11) is 0. The number of aromatic nitrogens is 1. The lowest BCUT2D eigenvalue weighted by Crippen LogP contribution is -2.11. The van der Waals surface area contributed by atoms with Gasteiger partial charge in [-0.3, -0.25) is 4.98 Å². The van der Waals surface area contributed by atoms with E-state index >= 15 is 0 Å². The van der Waals surface area contributed by atoms with Crippen LogP contribution in [0.3, 0.4) is 0 Å². The molecule has 2 aromatic rings. The highest BCUT2D eigenvalue weighted by atomic mass is 35.5. The fourth-order valence-corrected chi connectivity index (χ4v) is 1.94. The molecule has 0 aliphatic carbocycles. The van der Waals surface area contributed by atoms with Gasteiger partial charge in [0.1, 0.15) is 12.4 Å². The van der Waals surface area contributed by atoms with E-state index in [4.69, 9.17) is 16.3 Å². The third-order valence-electron chi connectivity index (χ3n) is 2.69. The highest BCUT2D eigenvalue weighted by molar-refractivity contribution is 6.32. The molecule has 0 bridgehead atoms. The quantitative estimate of drug-likeness (QED) is 0.878. The molecule has 0 aliphatic rings. The van der Waals surface area contributed by atoms with Gasteiger partial charge in [0.05, 0.1) is 5.02 Å². The molecule has 0 fully saturated rings. The number of rotatable bonds is 6. The maximum Gasteiger partial charge on any atom is 0.138 e. The van der Waals surface area contributed by atoms with Crippen molar-refractivity contribution in [2.75, 3.05) is 6.54 Å². The Morgan fingerprint density at radius 1 is 1.26 bits per heavy atom. The summed E-state index contributed by atoms with van der Waals surface area (Å²) in [6.07, 6.45) is 3.53. The fourth-order valence-electron chi connectivity index (χ4n) is 1.69. The Hall–Kier alpha value is -1.58. The van der Waals surface area contributed by atoms with Gasteiger partial charge in [-0.15, -0.1) is 0 Å². The Balaban J connectivity index is 1.97. The zero-order valence-corrected chi connectivity index (χ0v) is 11.7. The van der Waals surface area contributed by atoms with Gasteiger partial charge >= 0.3 is 0 Å². The van der Waals surface area contributed by atoms with E-state index in [0.29, 0.717) is 17.4 Å². The largest absolute Gasteiger partial charge is 0.487 e. The fraction of sp³-hybridized carbons (Fsp3) is 0.267. The molecule has 1 N–H and O–H groups in total. The van der Waals surface area contributed by atoms with Crippen molar-refractivity contribution in [3.05, 3.63) is 58.9 Å². The van der Waals surface area contributed by atoms with Gasteiger partial charge in [-0.05, 0) is 30.3 Å². The van der Waals surface area contributed by atoms with E-state index < -0.39 is 0 Å². The number of pyridine rings is 1. The summed E-state index contributed by atoms with van der Waals surface area (Å²) in [5.74, 6) is 0.700. The maximum absolute atomic E-state index is 6.21. The molecule has 0 unspecified atom stereocenters. The Labute approximate surface area is 118 Å². The van der Waals surface area contributed by atoms with Crippen molar-refractivity contribution < 1.29 is 4.74 Å². The summed E-state index contributed by atoms with van der Waals surface area (Å²) in [5.41, 5.74) is 2.18. The van der Waals surface area contributed by atoms with Crippen molar-refractivity contribution in [2.24, 2.45) is 0 Å². The third kappa shape index (κ3) is 4.23. The number of nitrogens with one attached hydrogen (secondary N) is 1. The molecule has 4 heteroatoms. The van der Waals surface area contributed by atoms with Gasteiger partial charge in [-0.2, -0.15) is 0 Å². The summed E-state index contributed by atoms with van der Waals surface area (Å²) in [5, 5.41) is 3.90. The molecule has 0 amide bonds. The summed E-state index contributed by atoms with van der Waals surface area (Å²) >= 11 is 6.21. The summed E-state index contributed by atoms with van der Waals surface area (Å²) in [6, 6.07) is 9.72. The van der Waals surface area contributed by atoms with E-state index in [1.54, 1.807) is 12.4 Å². The lowest BCUT2D eigenvalue weighted by Gasteiger charge is -2.09. The highest BCUT2D eigenvalue weighted by Gasteiger charge is 2.03. The Morgan fingerprint density at radius 3 is 2.84 bits per heavy atom. The maximum atomic E-state index is 6.21. The first-order chi connectivity index (χ1) is 9.29. The van der Waals surface area contributed by atoms with Gasteiger partial charge < -0.3 is 10.1 Å². The molecule has 1 aromatic carbocycles. The van der Waals surface area contributed by atoms with E-state index in [-0.39, 0.29) is 0 Å². The Morgan fingerprint density at radius 2 is 2.16 bits per heavy atom. The molecule has 1 heterocycles. The van der Waals surface area contributed by atoms with E-state index in [1.165, 1.54) is 0 Å². The molecule has 0 spiro atoms. The minimum absolute atomic E-state index is 0.472. The van der Waals surface area contributed by atoms with Gasteiger partial charge in [0.2, 0.25) is 0 Å². The topological polar surface area (TPSA) is 34.1 Å². The zero-order valence-electron chi connectivity index (χ0n) is 10.9. The van der Waals surface area contributed by atoms with E-state index in [2.05, 4.69) is 17.2 Å². The number of benzene rings is 1. The summed E-state index contributed by atoms with van der Waals surface area (Å²) < 4.78 is 5.69. The van der Waals surface area contributed by atoms with Gasteiger partial charge in [-0.1, -0.05) is 30.7 Å². The SMILES string of the molecule is CCNCc1ccc(OCc2cccnc2)c(Cl)c1. The monoisotopic (exact) mass is 276 g/mol. The Kier molecular flexibility index (Phi) is 5.19. The van der Waals surface area contributed by atoms with Crippen molar-refractivity contribution in [3.63, 3.8) is 0 Å². The molecule has 2 rings (SSSR count). The van der Waals surface area contributed by atoms with Crippen molar-refractivity contribution >= 4 is 11.6 Å². The third-order valence-corrected chi connectivity index (χ3v) is 2.99. The predicted octanol–water partition coefficient (Wildman–Crippen LogP) is 3.42. The molecule has 19 heavy (non-hydrogen) atoms.